The molecule has 3 rings (SSSR count). The molecular formula is C40H66O2. The van der Waals surface area contributed by atoms with Gasteiger partial charge < -0.3 is 4.74 Å². The number of rotatable bonds is 16. The van der Waals surface area contributed by atoms with Crippen molar-refractivity contribution in [1.82, 2.24) is 0 Å². The highest BCUT2D eigenvalue weighted by molar-refractivity contribution is 5.69. The highest BCUT2D eigenvalue weighted by Crippen LogP contribution is 2.59. The fourth-order valence-electron chi connectivity index (χ4n) is 8.16. The molecule has 0 saturated heterocycles. The van der Waals surface area contributed by atoms with Gasteiger partial charge in [0, 0.05) is 12.8 Å². The Labute approximate surface area is 260 Å². The van der Waals surface area contributed by atoms with Crippen LogP contribution in [0.1, 0.15) is 157 Å². The van der Waals surface area contributed by atoms with Gasteiger partial charge in [0.1, 0.15) is 6.10 Å². The standard InChI is InChI=1S/C40H66O2/c1-8-9-10-11-12-13-14-15-16-19-39(41)42-36-25-22-32(5)35(29-36)24-23-34-18-17-28-40(7)37(26-27-38(34)40)33(6)21-20-31(4)30(2)3/h20-21,23-24,30-31,33,36-38H,5,8-19,22,25-29H2,1-4,6-7H3/t31-,33+,36?,37+,38-,40+/m0/s1. The molecule has 2 nitrogen and oxygen atoms in total. The number of esters is 1. The van der Waals surface area contributed by atoms with E-state index < -0.39 is 0 Å². The monoisotopic (exact) mass is 579 g/mol. The number of unbranched alkanes of at least 4 members (excludes halogenated alkanes) is 8. The lowest BCUT2D eigenvalue weighted by Gasteiger charge is -2.44. The maximum Gasteiger partial charge on any atom is 0.306 e. The molecule has 42 heavy (non-hydrogen) atoms. The normalized spacial score (nSPS) is 29.9. The molecular weight excluding hydrogens is 512 g/mol. The van der Waals surface area contributed by atoms with Crippen LogP contribution in [-0.2, 0) is 9.53 Å². The van der Waals surface area contributed by atoms with E-state index in [1.165, 1.54) is 88.2 Å². The highest BCUT2D eigenvalue weighted by atomic mass is 16.5. The molecule has 0 heterocycles. The Balaban J connectivity index is 1.50. The molecule has 0 amide bonds. The smallest absolute Gasteiger partial charge is 0.306 e. The van der Waals surface area contributed by atoms with Crippen molar-refractivity contribution in [2.75, 3.05) is 0 Å². The van der Waals surface area contributed by atoms with Crippen molar-refractivity contribution in [3.8, 4) is 0 Å². The summed E-state index contributed by atoms with van der Waals surface area (Å²) in [7, 11) is 0. The first-order valence-electron chi connectivity index (χ1n) is 18.1. The first kappa shape index (κ1) is 34.9. The van der Waals surface area contributed by atoms with Crippen LogP contribution in [-0.4, -0.2) is 12.1 Å². The molecule has 2 heteroatoms. The summed E-state index contributed by atoms with van der Waals surface area (Å²) < 4.78 is 5.97. The molecule has 0 aromatic carbocycles. The molecule has 6 atom stereocenters. The third-order valence-electron chi connectivity index (χ3n) is 11.4. The van der Waals surface area contributed by atoms with Crippen LogP contribution in [0.4, 0.5) is 0 Å². The number of carbonyl (C=O) groups excluding carboxylic acids is 1. The third kappa shape index (κ3) is 10.3. The Morgan fingerprint density at radius 3 is 2.31 bits per heavy atom. The van der Waals surface area contributed by atoms with Crippen molar-refractivity contribution in [3.05, 3.63) is 47.6 Å². The Morgan fingerprint density at radius 1 is 0.929 bits per heavy atom. The van der Waals surface area contributed by atoms with E-state index in [-0.39, 0.29) is 12.1 Å². The summed E-state index contributed by atoms with van der Waals surface area (Å²) in [5, 5.41) is 0. The summed E-state index contributed by atoms with van der Waals surface area (Å²) in [5.74, 6) is 3.46. The summed E-state index contributed by atoms with van der Waals surface area (Å²) in [4.78, 5) is 12.6. The number of allylic oxidation sites excluding steroid dienone is 6. The van der Waals surface area contributed by atoms with Crippen LogP contribution in [0.2, 0.25) is 0 Å². The fourth-order valence-corrected chi connectivity index (χ4v) is 8.16. The molecule has 0 aromatic rings. The van der Waals surface area contributed by atoms with E-state index in [0.29, 0.717) is 35.5 Å². The number of ether oxygens (including phenoxy) is 1. The van der Waals surface area contributed by atoms with Gasteiger partial charge >= 0.3 is 5.97 Å². The van der Waals surface area contributed by atoms with Crippen molar-refractivity contribution in [2.24, 2.45) is 35.0 Å². The van der Waals surface area contributed by atoms with Crippen molar-refractivity contribution >= 4 is 5.97 Å². The summed E-state index contributed by atoms with van der Waals surface area (Å²) >= 11 is 0. The molecule has 0 aliphatic heterocycles. The molecule has 3 aliphatic rings. The Bertz CT molecular complexity index is 935. The van der Waals surface area contributed by atoms with Gasteiger partial charge in [-0.1, -0.05) is 135 Å². The van der Waals surface area contributed by atoms with Crippen LogP contribution in [0, 0.1) is 35.0 Å². The van der Waals surface area contributed by atoms with E-state index in [1.807, 2.05) is 0 Å². The van der Waals surface area contributed by atoms with E-state index >= 15 is 0 Å². The lowest BCUT2D eigenvalue weighted by Crippen LogP contribution is -2.35. The van der Waals surface area contributed by atoms with Crippen LogP contribution < -0.4 is 0 Å². The number of fused-ring (bicyclic) bond motifs is 1. The van der Waals surface area contributed by atoms with Gasteiger partial charge in [0.2, 0.25) is 0 Å². The molecule has 0 aromatic heterocycles. The zero-order valence-electron chi connectivity index (χ0n) is 28.5. The van der Waals surface area contributed by atoms with Gasteiger partial charge in [-0.25, -0.2) is 0 Å². The lowest BCUT2D eigenvalue weighted by atomic mass is 9.61. The summed E-state index contributed by atoms with van der Waals surface area (Å²) in [6.45, 7) is 18.7. The Kier molecular flexibility index (Phi) is 14.7. The van der Waals surface area contributed by atoms with Crippen molar-refractivity contribution in [2.45, 2.75) is 163 Å². The average molecular weight is 579 g/mol. The topological polar surface area (TPSA) is 26.3 Å². The zero-order valence-corrected chi connectivity index (χ0v) is 28.5. The van der Waals surface area contributed by atoms with Crippen molar-refractivity contribution in [1.29, 1.82) is 0 Å². The maximum atomic E-state index is 12.6. The van der Waals surface area contributed by atoms with Crippen LogP contribution in [0.5, 0.6) is 0 Å². The minimum absolute atomic E-state index is 0.000774. The quantitative estimate of drug-likeness (QED) is 0.103. The first-order valence-corrected chi connectivity index (χ1v) is 18.1. The molecule has 0 bridgehead atoms. The van der Waals surface area contributed by atoms with Crippen LogP contribution in [0.15, 0.2) is 47.6 Å². The molecule has 0 N–H and O–H groups in total. The molecule has 238 valence electrons. The molecule has 3 aliphatic carbocycles. The maximum absolute atomic E-state index is 12.6. The van der Waals surface area contributed by atoms with Gasteiger partial charge in [-0.15, -0.1) is 0 Å². The van der Waals surface area contributed by atoms with Crippen molar-refractivity contribution in [3.63, 3.8) is 0 Å². The van der Waals surface area contributed by atoms with Crippen LogP contribution in [0.3, 0.4) is 0 Å². The summed E-state index contributed by atoms with van der Waals surface area (Å²) in [6, 6.07) is 0. The van der Waals surface area contributed by atoms with Crippen molar-refractivity contribution < 1.29 is 9.53 Å². The summed E-state index contributed by atoms with van der Waals surface area (Å²) in [5.41, 5.74) is 4.60. The van der Waals surface area contributed by atoms with Gasteiger partial charge in [0.25, 0.3) is 0 Å². The van der Waals surface area contributed by atoms with Gasteiger partial charge in [0.15, 0.2) is 0 Å². The number of hydrogen-bond donors (Lipinski definition) is 0. The van der Waals surface area contributed by atoms with E-state index in [4.69, 9.17) is 4.74 Å². The van der Waals surface area contributed by atoms with Gasteiger partial charge in [-0.2, -0.15) is 0 Å². The van der Waals surface area contributed by atoms with E-state index in [0.717, 1.165) is 38.0 Å². The SMILES string of the molecule is C=C1CCC(OC(=O)CCCCCCCCCCC)CC1=CC=C1CCC[C@]2(C)[C@@H]([C@H](C)C=C[C@H](C)C(C)C)CC[C@@H]12. The second-order valence-corrected chi connectivity index (χ2v) is 14.9. The second-order valence-electron chi connectivity index (χ2n) is 14.9. The summed E-state index contributed by atoms with van der Waals surface area (Å²) in [6.07, 6.45) is 31.1. The van der Waals surface area contributed by atoms with E-state index in [9.17, 15) is 4.79 Å². The highest BCUT2D eigenvalue weighted by Gasteiger charge is 2.50. The molecule has 3 saturated carbocycles. The molecule has 1 unspecified atom stereocenters. The predicted molar refractivity (Wildman–Crippen MR) is 181 cm³/mol. The van der Waals surface area contributed by atoms with Crippen LogP contribution >= 0.6 is 0 Å². The lowest BCUT2D eigenvalue weighted by molar-refractivity contribution is -0.149. The number of carbonyl (C=O) groups is 1. The van der Waals surface area contributed by atoms with Gasteiger partial charge in [-0.3, -0.25) is 4.79 Å². The second kappa shape index (κ2) is 17.7. The zero-order chi connectivity index (χ0) is 30.5. The molecule has 3 fully saturated rings. The van der Waals surface area contributed by atoms with Gasteiger partial charge in [0.05, 0.1) is 0 Å². The fraction of sp³-hybridized carbons (Fsp3) is 0.775. The predicted octanol–water partition coefficient (Wildman–Crippen LogP) is 12.1. The van der Waals surface area contributed by atoms with Gasteiger partial charge in [-0.05, 0) is 91.9 Å². The third-order valence-corrected chi connectivity index (χ3v) is 11.4. The van der Waals surface area contributed by atoms with E-state index in [2.05, 4.69) is 72.4 Å². The van der Waals surface area contributed by atoms with Crippen LogP contribution in [0.25, 0.3) is 0 Å². The minimum atomic E-state index is -0.000774. The molecule has 0 radical (unpaired) electrons. The Hall–Kier alpha value is -1.57. The Morgan fingerprint density at radius 2 is 1.62 bits per heavy atom. The minimum Gasteiger partial charge on any atom is -0.462 e. The first-order chi connectivity index (χ1) is 20.2. The number of hydrogen-bond acceptors (Lipinski definition) is 2. The molecule has 0 spiro atoms. The van der Waals surface area contributed by atoms with E-state index in [1.54, 1.807) is 5.57 Å². The largest absolute Gasteiger partial charge is 0.462 e. The average Bonchev–Trinajstić information content (AvgIpc) is 3.32.